The first kappa shape index (κ1) is 12.5. The Labute approximate surface area is 136 Å². The van der Waals surface area contributed by atoms with Crippen LogP contribution in [0.5, 0.6) is 0 Å². The molecule has 0 aromatic heterocycles. The van der Waals surface area contributed by atoms with E-state index in [1.165, 1.54) is 30.4 Å². The van der Waals surface area contributed by atoms with Crippen LogP contribution >= 0.6 is 0 Å². The van der Waals surface area contributed by atoms with E-state index in [-0.39, 0.29) is 11.1 Å². The van der Waals surface area contributed by atoms with Crippen molar-refractivity contribution in [3.05, 3.63) is 71.8 Å². The fourth-order valence-electron chi connectivity index (χ4n) is 6.12. The normalized spacial score (nSPS) is 45.0. The molecule has 0 radical (unpaired) electrons. The van der Waals surface area contributed by atoms with E-state index < -0.39 is 0 Å². The van der Waals surface area contributed by atoms with E-state index in [1.807, 2.05) is 0 Å². The van der Waals surface area contributed by atoms with E-state index in [0.717, 1.165) is 0 Å². The molecule has 2 nitrogen and oxygen atoms in total. The second kappa shape index (κ2) is 3.92. The molecule has 0 N–H and O–H groups in total. The Morgan fingerprint density at radius 3 is 1.43 bits per heavy atom. The average molecular weight is 300 g/mol. The molecule has 6 atom stereocenters. The van der Waals surface area contributed by atoms with Crippen molar-refractivity contribution in [2.45, 2.75) is 30.3 Å². The van der Waals surface area contributed by atoms with Crippen LogP contribution in [-0.4, -0.2) is 0 Å². The van der Waals surface area contributed by atoms with Crippen LogP contribution in [0.15, 0.2) is 70.9 Å². The van der Waals surface area contributed by atoms with Gasteiger partial charge in [0.15, 0.2) is 0 Å². The lowest BCUT2D eigenvalue weighted by Gasteiger charge is -2.61. The molecule has 2 heterocycles. The molecule has 3 fully saturated rings. The molecule has 2 bridgehead atoms. The molecule has 0 spiro atoms. The third-order valence-corrected chi connectivity index (χ3v) is 7.18. The highest BCUT2D eigenvalue weighted by Gasteiger charge is 2.78. The molecule has 5 aliphatic rings. The summed E-state index contributed by atoms with van der Waals surface area (Å²) in [4.78, 5) is 0. The Bertz CT molecular complexity index is 732. The predicted octanol–water partition coefficient (Wildman–Crippen LogP) is 4.92. The monoisotopic (exact) mass is 300 g/mol. The molecular formula is C21H20N2. The zero-order chi connectivity index (χ0) is 15.1. The summed E-state index contributed by atoms with van der Waals surface area (Å²) in [5.74, 6) is 2.77. The van der Waals surface area contributed by atoms with E-state index in [2.05, 4.69) is 60.7 Å². The van der Waals surface area contributed by atoms with Gasteiger partial charge in [0.1, 0.15) is 11.1 Å². The van der Waals surface area contributed by atoms with Crippen molar-refractivity contribution >= 4 is 0 Å². The number of benzene rings is 2. The van der Waals surface area contributed by atoms with Gasteiger partial charge in [0.2, 0.25) is 0 Å². The third kappa shape index (κ3) is 1.26. The smallest absolute Gasteiger partial charge is 0.113 e. The topological polar surface area (TPSA) is 24.7 Å². The molecule has 114 valence electrons. The summed E-state index contributed by atoms with van der Waals surface area (Å²) in [6.45, 7) is 0. The summed E-state index contributed by atoms with van der Waals surface area (Å²) in [6.07, 6.45) is 3.93. The number of hydrogen-bond acceptors (Lipinski definition) is 2. The molecule has 6 unspecified atom stereocenters. The Kier molecular flexibility index (Phi) is 2.12. The molecule has 2 aliphatic heterocycles. The maximum absolute atomic E-state index is 5.08. The zero-order valence-corrected chi connectivity index (χ0v) is 13.1. The summed E-state index contributed by atoms with van der Waals surface area (Å²) in [6, 6.07) is 22.0. The van der Waals surface area contributed by atoms with Crippen molar-refractivity contribution in [2.75, 3.05) is 0 Å². The summed E-state index contributed by atoms with van der Waals surface area (Å²) in [5, 5.41) is 10.2. The maximum Gasteiger partial charge on any atom is 0.113 e. The largest absolute Gasteiger partial charge is 0.181 e. The van der Waals surface area contributed by atoms with E-state index in [9.17, 15) is 0 Å². The number of hydrogen-bond donors (Lipinski definition) is 0. The first-order valence-corrected chi connectivity index (χ1v) is 8.92. The molecule has 0 saturated heterocycles. The van der Waals surface area contributed by atoms with E-state index in [4.69, 9.17) is 10.2 Å². The van der Waals surface area contributed by atoms with Crippen molar-refractivity contribution in [1.82, 2.24) is 0 Å². The van der Waals surface area contributed by atoms with Crippen LogP contribution in [0.3, 0.4) is 0 Å². The Morgan fingerprint density at radius 1 is 0.609 bits per heavy atom. The van der Waals surface area contributed by atoms with E-state index >= 15 is 0 Å². The van der Waals surface area contributed by atoms with Gasteiger partial charge in [-0.15, -0.1) is 0 Å². The second-order valence-corrected chi connectivity index (χ2v) is 7.82. The minimum Gasteiger partial charge on any atom is -0.181 e. The van der Waals surface area contributed by atoms with Crippen molar-refractivity contribution in [1.29, 1.82) is 0 Å². The molecule has 23 heavy (non-hydrogen) atoms. The summed E-state index contributed by atoms with van der Waals surface area (Å²) < 4.78 is 0. The summed E-state index contributed by atoms with van der Waals surface area (Å²) in [7, 11) is 0. The van der Waals surface area contributed by atoms with Crippen LogP contribution in [0, 0.1) is 23.7 Å². The van der Waals surface area contributed by atoms with E-state index in [0.29, 0.717) is 23.7 Å². The minimum absolute atomic E-state index is 0.00856. The number of nitrogens with zero attached hydrogens (tertiary/aromatic N) is 2. The highest BCUT2D eigenvalue weighted by Crippen LogP contribution is 2.78. The van der Waals surface area contributed by atoms with Gasteiger partial charge in [-0.05, 0) is 54.1 Å². The molecule has 2 aromatic carbocycles. The zero-order valence-electron chi connectivity index (χ0n) is 13.1. The van der Waals surface area contributed by atoms with Gasteiger partial charge in [0.05, 0.1) is 0 Å². The third-order valence-electron chi connectivity index (χ3n) is 7.18. The van der Waals surface area contributed by atoms with Crippen molar-refractivity contribution in [3.63, 3.8) is 0 Å². The fourth-order valence-corrected chi connectivity index (χ4v) is 6.12. The van der Waals surface area contributed by atoms with Crippen molar-refractivity contribution in [2.24, 2.45) is 33.9 Å². The standard InChI is InChI=1S/C21H20N2/c1-3-7-14(8-4-1)20-16-11-12-17(16)21(23-22-20,19-13-18(19)20)15-9-5-2-6-10-15/h1-10,16-19H,11-13H2. The molecule has 0 amide bonds. The lowest BCUT2D eigenvalue weighted by molar-refractivity contribution is -0.0811. The molecule has 7 rings (SSSR count). The van der Waals surface area contributed by atoms with Crippen LogP contribution in [0.2, 0.25) is 0 Å². The lowest BCUT2D eigenvalue weighted by Crippen LogP contribution is -2.61. The van der Waals surface area contributed by atoms with Crippen LogP contribution in [0.1, 0.15) is 30.4 Å². The van der Waals surface area contributed by atoms with E-state index in [1.54, 1.807) is 0 Å². The maximum atomic E-state index is 5.08. The second-order valence-electron chi connectivity index (χ2n) is 7.82. The first-order valence-electron chi connectivity index (χ1n) is 8.92. The van der Waals surface area contributed by atoms with Gasteiger partial charge in [-0.1, -0.05) is 60.7 Å². The Morgan fingerprint density at radius 2 is 1.04 bits per heavy atom. The molecule has 3 saturated carbocycles. The van der Waals surface area contributed by atoms with Gasteiger partial charge >= 0.3 is 0 Å². The highest BCUT2D eigenvalue weighted by atomic mass is 15.3. The fraction of sp³-hybridized carbons (Fsp3) is 0.429. The van der Waals surface area contributed by atoms with Gasteiger partial charge < -0.3 is 0 Å². The number of azo groups is 1. The molecule has 2 aromatic rings. The summed E-state index contributed by atoms with van der Waals surface area (Å²) >= 11 is 0. The molecule has 2 heteroatoms. The molecular weight excluding hydrogens is 280 g/mol. The first-order chi connectivity index (χ1) is 11.4. The van der Waals surface area contributed by atoms with Crippen molar-refractivity contribution < 1.29 is 0 Å². The molecule has 3 aliphatic carbocycles. The van der Waals surface area contributed by atoms with Gasteiger partial charge in [-0.25, -0.2) is 0 Å². The SMILES string of the molecule is c1ccc(C23N=NC(c4ccccc4)(C4CCC42)C2CC23)cc1. The van der Waals surface area contributed by atoms with Crippen LogP contribution in [0.25, 0.3) is 0 Å². The lowest BCUT2D eigenvalue weighted by atomic mass is 9.47. The van der Waals surface area contributed by atoms with Crippen LogP contribution in [-0.2, 0) is 11.1 Å². The average Bonchev–Trinajstić information content (AvgIpc) is 3.39. The van der Waals surface area contributed by atoms with Crippen LogP contribution in [0.4, 0.5) is 0 Å². The predicted molar refractivity (Wildman–Crippen MR) is 88.9 cm³/mol. The van der Waals surface area contributed by atoms with Gasteiger partial charge in [0.25, 0.3) is 0 Å². The quantitative estimate of drug-likeness (QED) is 0.752. The minimum atomic E-state index is -0.00856. The van der Waals surface area contributed by atoms with Gasteiger partial charge in [0, 0.05) is 0 Å². The van der Waals surface area contributed by atoms with Crippen LogP contribution < -0.4 is 0 Å². The summed E-state index contributed by atoms with van der Waals surface area (Å²) in [5.41, 5.74) is 2.80. The Balaban J connectivity index is 1.58. The Hall–Kier alpha value is -1.96. The number of rotatable bonds is 2. The van der Waals surface area contributed by atoms with Gasteiger partial charge in [-0.3, -0.25) is 0 Å². The highest BCUT2D eigenvalue weighted by molar-refractivity contribution is 5.43. The van der Waals surface area contributed by atoms with Crippen molar-refractivity contribution in [3.8, 4) is 0 Å². The van der Waals surface area contributed by atoms with Gasteiger partial charge in [-0.2, -0.15) is 10.2 Å².